The van der Waals surface area contributed by atoms with Crippen LogP contribution in [0.3, 0.4) is 0 Å². The molecular formula is C12H19N3O. The molecule has 0 radical (unpaired) electrons. The maximum Gasteiger partial charge on any atom is 0.0622 e. The van der Waals surface area contributed by atoms with Crippen molar-refractivity contribution in [2.24, 2.45) is 0 Å². The van der Waals surface area contributed by atoms with Crippen molar-refractivity contribution >= 4 is 5.69 Å². The first kappa shape index (κ1) is 11.4. The SMILES string of the molecule is CCC1COCCN1Cc1ccc(N)cn1. The predicted molar refractivity (Wildman–Crippen MR) is 64.0 cm³/mol. The maximum absolute atomic E-state index is 5.62. The number of nitrogens with two attached hydrogens (primary N) is 1. The number of nitrogen functional groups attached to an aromatic ring is 1. The van der Waals surface area contributed by atoms with Crippen molar-refractivity contribution in [2.75, 3.05) is 25.5 Å². The first-order valence-corrected chi connectivity index (χ1v) is 5.82. The van der Waals surface area contributed by atoms with Crippen LogP contribution in [-0.4, -0.2) is 35.7 Å². The highest BCUT2D eigenvalue weighted by Crippen LogP contribution is 2.13. The second-order valence-electron chi connectivity index (χ2n) is 4.19. The summed E-state index contributed by atoms with van der Waals surface area (Å²) in [5.41, 5.74) is 7.42. The number of hydrogen-bond donors (Lipinski definition) is 1. The predicted octanol–water partition coefficient (Wildman–Crippen LogP) is 1.27. The number of nitrogens with zero attached hydrogens (tertiary/aromatic N) is 2. The first-order valence-electron chi connectivity index (χ1n) is 5.82. The van der Waals surface area contributed by atoms with Crippen molar-refractivity contribution in [1.82, 2.24) is 9.88 Å². The lowest BCUT2D eigenvalue weighted by molar-refractivity contribution is -0.0132. The lowest BCUT2D eigenvalue weighted by atomic mass is 10.1. The minimum absolute atomic E-state index is 0.521. The van der Waals surface area contributed by atoms with Gasteiger partial charge in [-0.25, -0.2) is 0 Å². The van der Waals surface area contributed by atoms with Crippen LogP contribution >= 0.6 is 0 Å². The lowest BCUT2D eigenvalue weighted by Crippen LogP contribution is -2.44. The maximum atomic E-state index is 5.62. The first-order chi connectivity index (χ1) is 7.79. The topological polar surface area (TPSA) is 51.4 Å². The summed E-state index contributed by atoms with van der Waals surface area (Å²) in [6.07, 6.45) is 2.84. The van der Waals surface area contributed by atoms with Gasteiger partial charge in [-0.2, -0.15) is 0 Å². The Kier molecular flexibility index (Phi) is 3.74. The van der Waals surface area contributed by atoms with Crippen molar-refractivity contribution in [3.8, 4) is 0 Å². The molecule has 1 aliphatic rings. The Hall–Kier alpha value is -1.13. The van der Waals surface area contributed by atoms with E-state index in [0.717, 1.165) is 44.1 Å². The molecular weight excluding hydrogens is 202 g/mol. The van der Waals surface area contributed by atoms with Gasteiger partial charge < -0.3 is 10.5 Å². The molecule has 1 aromatic heterocycles. The Balaban J connectivity index is 1.99. The zero-order valence-corrected chi connectivity index (χ0v) is 9.72. The lowest BCUT2D eigenvalue weighted by Gasteiger charge is -2.34. The van der Waals surface area contributed by atoms with Crippen LogP contribution in [0.4, 0.5) is 5.69 Å². The van der Waals surface area contributed by atoms with E-state index in [9.17, 15) is 0 Å². The third kappa shape index (κ3) is 2.71. The number of anilines is 1. The van der Waals surface area contributed by atoms with E-state index in [1.165, 1.54) is 0 Å². The van der Waals surface area contributed by atoms with Crippen molar-refractivity contribution in [1.29, 1.82) is 0 Å². The van der Waals surface area contributed by atoms with Gasteiger partial charge in [-0.3, -0.25) is 9.88 Å². The van der Waals surface area contributed by atoms with Crippen molar-refractivity contribution in [3.05, 3.63) is 24.0 Å². The molecule has 1 atom stereocenters. The van der Waals surface area contributed by atoms with Gasteiger partial charge in [-0.1, -0.05) is 6.92 Å². The number of aromatic nitrogens is 1. The zero-order valence-electron chi connectivity index (χ0n) is 9.72. The number of hydrogen-bond acceptors (Lipinski definition) is 4. The van der Waals surface area contributed by atoms with E-state index >= 15 is 0 Å². The molecule has 88 valence electrons. The van der Waals surface area contributed by atoms with Crippen LogP contribution in [0.1, 0.15) is 19.0 Å². The van der Waals surface area contributed by atoms with Gasteiger partial charge in [0.15, 0.2) is 0 Å². The summed E-state index contributed by atoms with van der Waals surface area (Å²) in [5.74, 6) is 0. The molecule has 0 aromatic carbocycles. The van der Waals surface area contributed by atoms with Crippen molar-refractivity contribution < 1.29 is 4.74 Å². The third-order valence-electron chi connectivity index (χ3n) is 3.03. The molecule has 0 aliphatic carbocycles. The van der Waals surface area contributed by atoms with E-state index in [1.54, 1.807) is 6.20 Å². The molecule has 1 aromatic rings. The van der Waals surface area contributed by atoms with E-state index in [1.807, 2.05) is 12.1 Å². The van der Waals surface area contributed by atoms with Crippen LogP contribution < -0.4 is 5.73 Å². The molecule has 4 heteroatoms. The van der Waals surface area contributed by atoms with Crippen LogP contribution in [0.5, 0.6) is 0 Å². The Morgan fingerprint density at radius 2 is 2.44 bits per heavy atom. The van der Waals surface area contributed by atoms with Gasteiger partial charge in [0, 0.05) is 19.1 Å². The summed E-state index contributed by atoms with van der Waals surface area (Å²) in [4.78, 5) is 6.77. The van der Waals surface area contributed by atoms with Gasteiger partial charge in [0.25, 0.3) is 0 Å². The van der Waals surface area contributed by atoms with Gasteiger partial charge in [-0.15, -0.1) is 0 Å². The minimum Gasteiger partial charge on any atom is -0.397 e. The molecule has 0 spiro atoms. The molecule has 0 bridgehead atoms. The normalized spacial score (nSPS) is 22.2. The fourth-order valence-electron chi connectivity index (χ4n) is 2.01. The summed E-state index contributed by atoms with van der Waals surface area (Å²) in [5, 5.41) is 0. The van der Waals surface area contributed by atoms with Crippen LogP contribution in [-0.2, 0) is 11.3 Å². The van der Waals surface area contributed by atoms with E-state index < -0.39 is 0 Å². The molecule has 1 saturated heterocycles. The van der Waals surface area contributed by atoms with Crippen LogP contribution in [0, 0.1) is 0 Å². The average Bonchev–Trinajstić information content (AvgIpc) is 2.33. The number of morpholine rings is 1. The smallest absolute Gasteiger partial charge is 0.0622 e. The standard InChI is InChI=1S/C12H19N3O/c1-2-12-9-16-6-5-15(12)8-11-4-3-10(13)7-14-11/h3-4,7,12H,2,5-6,8-9,13H2,1H3. The monoisotopic (exact) mass is 221 g/mol. The fraction of sp³-hybridized carbons (Fsp3) is 0.583. The molecule has 0 saturated carbocycles. The fourth-order valence-corrected chi connectivity index (χ4v) is 2.01. The van der Waals surface area contributed by atoms with Gasteiger partial charge in [-0.05, 0) is 18.6 Å². The van der Waals surface area contributed by atoms with E-state index in [2.05, 4.69) is 16.8 Å². The second kappa shape index (κ2) is 5.27. The summed E-state index contributed by atoms with van der Waals surface area (Å²) < 4.78 is 5.48. The van der Waals surface area contributed by atoms with Crippen LogP contribution in [0.15, 0.2) is 18.3 Å². The number of pyridine rings is 1. The Morgan fingerprint density at radius 3 is 3.12 bits per heavy atom. The average molecular weight is 221 g/mol. The van der Waals surface area contributed by atoms with Crippen molar-refractivity contribution in [2.45, 2.75) is 25.9 Å². The Bertz CT molecular complexity index is 326. The molecule has 4 nitrogen and oxygen atoms in total. The van der Waals surface area contributed by atoms with Gasteiger partial charge >= 0.3 is 0 Å². The second-order valence-corrected chi connectivity index (χ2v) is 4.19. The Morgan fingerprint density at radius 1 is 1.56 bits per heavy atom. The molecule has 16 heavy (non-hydrogen) atoms. The minimum atomic E-state index is 0.521. The van der Waals surface area contributed by atoms with E-state index in [4.69, 9.17) is 10.5 Å². The molecule has 0 amide bonds. The molecule has 1 aliphatic heterocycles. The molecule has 2 rings (SSSR count). The summed E-state index contributed by atoms with van der Waals surface area (Å²) in [6, 6.07) is 4.43. The summed E-state index contributed by atoms with van der Waals surface area (Å²) in [6.45, 7) is 5.74. The largest absolute Gasteiger partial charge is 0.397 e. The molecule has 1 fully saturated rings. The van der Waals surface area contributed by atoms with Gasteiger partial charge in [0.2, 0.25) is 0 Å². The zero-order chi connectivity index (χ0) is 11.4. The molecule has 2 heterocycles. The van der Waals surface area contributed by atoms with Gasteiger partial charge in [0.1, 0.15) is 0 Å². The Labute approximate surface area is 96.4 Å². The highest BCUT2D eigenvalue weighted by molar-refractivity contribution is 5.34. The van der Waals surface area contributed by atoms with E-state index in [0.29, 0.717) is 6.04 Å². The quantitative estimate of drug-likeness (QED) is 0.835. The van der Waals surface area contributed by atoms with E-state index in [-0.39, 0.29) is 0 Å². The molecule has 2 N–H and O–H groups in total. The number of ether oxygens (including phenoxy) is 1. The van der Waals surface area contributed by atoms with Crippen molar-refractivity contribution in [3.63, 3.8) is 0 Å². The summed E-state index contributed by atoms with van der Waals surface area (Å²) >= 11 is 0. The number of rotatable bonds is 3. The third-order valence-corrected chi connectivity index (χ3v) is 3.03. The highest BCUT2D eigenvalue weighted by Gasteiger charge is 2.21. The van der Waals surface area contributed by atoms with Crippen LogP contribution in [0.2, 0.25) is 0 Å². The van der Waals surface area contributed by atoms with Crippen LogP contribution in [0.25, 0.3) is 0 Å². The van der Waals surface area contributed by atoms with Gasteiger partial charge in [0.05, 0.1) is 30.8 Å². The molecule has 1 unspecified atom stereocenters. The summed E-state index contributed by atoms with van der Waals surface area (Å²) in [7, 11) is 0. The highest BCUT2D eigenvalue weighted by atomic mass is 16.5.